The summed E-state index contributed by atoms with van der Waals surface area (Å²) < 4.78 is 0. The van der Waals surface area contributed by atoms with Crippen LogP contribution in [0.2, 0.25) is 0 Å². The molecular weight excluding hydrogens is 252 g/mol. The van der Waals surface area contributed by atoms with Crippen LogP contribution < -0.4 is 5.32 Å². The molecule has 96 valence electrons. The van der Waals surface area contributed by atoms with Crippen LogP contribution in [0.3, 0.4) is 0 Å². The number of benzene rings is 1. The Kier molecular flexibility index (Phi) is 3.28. The van der Waals surface area contributed by atoms with Crippen LogP contribution in [0.25, 0.3) is 6.20 Å². The number of tetrazole rings is 1. The van der Waals surface area contributed by atoms with Crippen LogP contribution in [0.5, 0.6) is 0 Å². The zero-order valence-corrected chi connectivity index (χ0v) is 9.55. The van der Waals surface area contributed by atoms with E-state index in [1.54, 1.807) is 0 Å². The summed E-state index contributed by atoms with van der Waals surface area (Å²) in [6.45, 7) is 3.43. The first kappa shape index (κ1) is 12.4. The predicted octanol–water partition coefficient (Wildman–Crippen LogP) is 0.934. The summed E-state index contributed by atoms with van der Waals surface area (Å²) in [6, 6.07) is 5.16. The van der Waals surface area contributed by atoms with Crippen molar-refractivity contribution in [2.75, 3.05) is 5.32 Å². The second-order valence-electron chi connectivity index (χ2n) is 3.37. The third-order valence-corrected chi connectivity index (χ3v) is 2.16. The number of amides is 1. The summed E-state index contributed by atoms with van der Waals surface area (Å²) in [5.74, 6) is -0.471. The molecule has 19 heavy (non-hydrogen) atoms. The Balaban J connectivity index is 2.11. The summed E-state index contributed by atoms with van der Waals surface area (Å²) in [5, 5.41) is 23.8. The van der Waals surface area contributed by atoms with E-state index < -0.39 is 10.8 Å². The van der Waals surface area contributed by atoms with Gasteiger partial charge in [0, 0.05) is 23.9 Å². The van der Waals surface area contributed by atoms with Gasteiger partial charge in [-0.05, 0) is 17.3 Å². The van der Waals surface area contributed by atoms with E-state index in [4.69, 9.17) is 0 Å². The molecule has 2 rings (SSSR count). The first-order chi connectivity index (χ1) is 9.10. The van der Waals surface area contributed by atoms with E-state index in [0.29, 0.717) is 0 Å². The molecule has 0 fully saturated rings. The van der Waals surface area contributed by atoms with E-state index in [1.165, 1.54) is 30.5 Å². The molecule has 2 aromatic rings. The number of hydrogen-bond donors (Lipinski definition) is 1. The van der Waals surface area contributed by atoms with E-state index >= 15 is 0 Å². The summed E-state index contributed by atoms with van der Waals surface area (Å²) in [7, 11) is 0. The SMILES string of the molecule is C=Cn1nnc(NC(=O)c2ccc([N+](=O)[O-])cc2)n1. The summed E-state index contributed by atoms with van der Waals surface area (Å²) in [6.07, 6.45) is 1.31. The molecule has 0 aliphatic rings. The maximum Gasteiger partial charge on any atom is 0.270 e. The number of nitrogens with zero attached hydrogens (tertiary/aromatic N) is 5. The Morgan fingerprint density at radius 2 is 2.11 bits per heavy atom. The molecule has 0 bridgehead atoms. The first-order valence-corrected chi connectivity index (χ1v) is 5.08. The van der Waals surface area contributed by atoms with Crippen molar-refractivity contribution in [3.8, 4) is 0 Å². The minimum atomic E-state index is -0.543. The Hall–Kier alpha value is -3.10. The molecule has 0 atom stereocenters. The molecule has 1 heterocycles. The van der Waals surface area contributed by atoms with Crippen molar-refractivity contribution in [1.82, 2.24) is 20.2 Å². The number of nitro groups is 1. The number of rotatable bonds is 4. The van der Waals surface area contributed by atoms with Gasteiger partial charge in [-0.3, -0.25) is 20.2 Å². The Morgan fingerprint density at radius 1 is 1.42 bits per heavy atom. The second kappa shape index (κ2) is 5.04. The minimum absolute atomic E-state index is 0.0169. The standard InChI is InChI=1S/C10H8N6O3/c1-2-15-13-10(12-14-15)11-9(17)7-3-5-8(6-4-7)16(18)19/h2-6H,1H2,(H,11,13,17). The number of anilines is 1. The Morgan fingerprint density at radius 3 is 2.63 bits per heavy atom. The molecule has 1 amide bonds. The lowest BCUT2D eigenvalue weighted by Crippen LogP contribution is -2.13. The van der Waals surface area contributed by atoms with Crippen molar-refractivity contribution in [3.05, 3.63) is 46.5 Å². The van der Waals surface area contributed by atoms with Gasteiger partial charge in [0.1, 0.15) is 0 Å². The largest absolute Gasteiger partial charge is 0.288 e. The van der Waals surface area contributed by atoms with E-state index in [0.717, 1.165) is 4.80 Å². The highest BCUT2D eigenvalue weighted by molar-refractivity contribution is 6.03. The maximum atomic E-state index is 11.8. The van der Waals surface area contributed by atoms with Gasteiger partial charge in [0.15, 0.2) is 0 Å². The van der Waals surface area contributed by atoms with E-state index in [1.807, 2.05) is 0 Å². The van der Waals surface area contributed by atoms with Gasteiger partial charge in [-0.15, -0.1) is 9.90 Å². The molecule has 1 aromatic carbocycles. The average Bonchev–Trinajstić information content (AvgIpc) is 2.86. The zero-order chi connectivity index (χ0) is 13.8. The summed E-state index contributed by atoms with van der Waals surface area (Å²) in [5.41, 5.74) is 0.160. The summed E-state index contributed by atoms with van der Waals surface area (Å²) in [4.78, 5) is 22.8. The van der Waals surface area contributed by atoms with Crippen molar-refractivity contribution >= 4 is 23.7 Å². The third-order valence-electron chi connectivity index (χ3n) is 2.16. The van der Waals surface area contributed by atoms with Gasteiger partial charge in [0.2, 0.25) is 0 Å². The maximum absolute atomic E-state index is 11.8. The molecule has 0 unspecified atom stereocenters. The number of carbonyl (C=O) groups excluding carboxylic acids is 1. The van der Waals surface area contributed by atoms with Crippen LogP contribution in [0.4, 0.5) is 11.6 Å². The van der Waals surface area contributed by atoms with Crippen LogP contribution in [0, 0.1) is 10.1 Å². The Labute approximate surface area is 106 Å². The number of nitrogens with one attached hydrogen (secondary N) is 1. The molecule has 0 spiro atoms. The van der Waals surface area contributed by atoms with E-state index in [9.17, 15) is 14.9 Å². The quantitative estimate of drug-likeness (QED) is 0.645. The average molecular weight is 260 g/mol. The van der Waals surface area contributed by atoms with Crippen LogP contribution in [0.15, 0.2) is 30.8 Å². The number of non-ortho nitro benzene ring substituents is 1. The predicted molar refractivity (Wildman–Crippen MR) is 65.3 cm³/mol. The van der Waals surface area contributed by atoms with Gasteiger partial charge in [-0.25, -0.2) is 0 Å². The lowest BCUT2D eigenvalue weighted by atomic mass is 10.2. The van der Waals surface area contributed by atoms with Crippen LogP contribution in [-0.4, -0.2) is 31.0 Å². The highest BCUT2D eigenvalue weighted by Crippen LogP contribution is 2.12. The molecule has 0 saturated heterocycles. The fraction of sp³-hybridized carbons (Fsp3) is 0. The number of nitro benzene ring substituents is 1. The van der Waals surface area contributed by atoms with Gasteiger partial charge >= 0.3 is 0 Å². The molecule has 1 N–H and O–H groups in total. The minimum Gasteiger partial charge on any atom is -0.288 e. The lowest BCUT2D eigenvalue weighted by molar-refractivity contribution is -0.384. The van der Waals surface area contributed by atoms with Gasteiger partial charge in [0.25, 0.3) is 17.5 Å². The van der Waals surface area contributed by atoms with Crippen molar-refractivity contribution < 1.29 is 9.72 Å². The van der Waals surface area contributed by atoms with Crippen LogP contribution in [-0.2, 0) is 0 Å². The number of aromatic nitrogens is 4. The van der Waals surface area contributed by atoms with Crippen molar-refractivity contribution in [2.24, 2.45) is 0 Å². The summed E-state index contributed by atoms with van der Waals surface area (Å²) >= 11 is 0. The van der Waals surface area contributed by atoms with E-state index in [-0.39, 0.29) is 17.2 Å². The van der Waals surface area contributed by atoms with Gasteiger partial charge < -0.3 is 0 Å². The highest BCUT2D eigenvalue weighted by atomic mass is 16.6. The van der Waals surface area contributed by atoms with Crippen LogP contribution in [0.1, 0.15) is 10.4 Å². The van der Waals surface area contributed by atoms with Crippen molar-refractivity contribution in [3.63, 3.8) is 0 Å². The van der Waals surface area contributed by atoms with Gasteiger partial charge in [0.05, 0.1) is 4.92 Å². The monoisotopic (exact) mass is 260 g/mol. The molecular formula is C10H8N6O3. The topological polar surface area (TPSA) is 116 Å². The lowest BCUT2D eigenvalue weighted by Gasteiger charge is -1.99. The fourth-order valence-electron chi connectivity index (χ4n) is 1.26. The molecule has 0 aliphatic carbocycles. The smallest absolute Gasteiger partial charge is 0.270 e. The number of carbonyl (C=O) groups is 1. The Bertz CT molecular complexity index is 633. The third kappa shape index (κ3) is 2.77. The van der Waals surface area contributed by atoms with Gasteiger partial charge in [-0.1, -0.05) is 11.7 Å². The van der Waals surface area contributed by atoms with Crippen molar-refractivity contribution in [2.45, 2.75) is 0 Å². The molecule has 1 aromatic heterocycles. The molecule has 9 heteroatoms. The number of hydrogen-bond acceptors (Lipinski definition) is 6. The normalized spacial score (nSPS) is 9.89. The highest BCUT2D eigenvalue weighted by Gasteiger charge is 2.11. The molecule has 0 saturated carbocycles. The van der Waals surface area contributed by atoms with Crippen molar-refractivity contribution in [1.29, 1.82) is 0 Å². The zero-order valence-electron chi connectivity index (χ0n) is 9.55. The molecule has 0 radical (unpaired) electrons. The first-order valence-electron chi connectivity index (χ1n) is 5.08. The van der Waals surface area contributed by atoms with Crippen LogP contribution >= 0.6 is 0 Å². The van der Waals surface area contributed by atoms with Gasteiger partial charge in [-0.2, -0.15) is 0 Å². The van der Waals surface area contributed by atoms with E-state index in [2.05, 4.69) is 27.3 Å². The fourth-order valence-corrected chi connectivity index (χ4v) is 1.26. The molecule has 0 aliphatic heterocycles. The second-order valence-corrected chi connectivity index (χ2v) is 3.37. The molecule has 9 nitrogen and oxygen atoms in total.